The van der Waals surface area contributed by atoms with Crippen molar-refractivity contribution in [3.05, 3.63) is 26.8 Å². The maximum absolute atomic E-state index is 12.5. The van der Waals surface area contributed by atoms with Gasteiger partial charge in [0.1, 0.15) is 0 Å². The van der Waals surface area contributed by atoms with E-state index in [-0.39, 0.29) is 16.8 Å². The van der Waals surface area contributed by atoms with Gasteiger partial charge in [0, 0.05) is 20.4 Å². The zero-order valence-corrected chi connectivity index (χ0v) is 9.51. The van der Waals surface area contributed by atoms with Crippen molar-refractivity contribution in [2.75, 3.05) is 5.73 Å². The van der Waals surface area contributed by atoms with E-state index < -0.39 is 12.2 Å². The average molecular weight is 311 g/mol. The number of anilines is 1. The van der Waals surface area contributed by atoms with Gasteiger partial charge in [-0.15, -0.1) is 0 Å². The molecular weight excluding hydrogens is 303 g/mol. The smallest absolute Gasteiger partial charge is 0.264 e. The molecule has 0 radical (unpaired) electrons. The van der Waals surface area contributed by atoms with Crippen LogP contribution in [0, 0.1) is 3.57 Å². The molecule has 0 amide bonds. The van der Waals surface area contributed by atoms with Crippen LogP contribution < -0.4 is 5.73 Å². The molecule has 76 valence electrons. The highest BCUT2D eigenvalue weighted by Gasteiger charge is 2.19. The normalized spacial score (nSPS) is 10.6. The Labute approximate surface area is 93.6 Å². The lowest BCUT2D eigenvalue weighted by molar-refractivity contribution is 0.1000. The van der Waals surface area contributed by atoms with Crippen LogP contribution in [-0.4, -0.2) is 5.78 Å². The summed E-state index contributed by atoms with van der Waals surface area (Å²) >= 11 is 1.88. The average Bonchev–Trinajstić information content (AvgIpc) is 2.01. The molecule has 0 spiro atoms. The summed E-state index contributed by atoms with van der Waals surface area (Å²) < 4.78 is 25.7. The molecule has 1 rings (SSSR count). The van der Waals surface area contributed by atoms with E-state index in [4.69, 9.17) is 5.73 Å². The minimum atomic E-state index is -2.68. The van der Waals surface area contributed by atoms with Gasteiger partial charge < -0.3 is 5.73 Å². The summed E-state index contributed by atoms with van der Waals surface area (Å²) in [6, 6.07) is 2.78. The first kappa shape index (κ1) is 11.4. The van der Waals surface area contributed by atoms with Gasteiger partial charge in [0.15, 0.2) is 5.78 Å². The predicted molar refractivity (Wildman–Crippen MR) is 58.5 cm³/mol. The number of carbonyl (C=O) groups excluding carboxylic acids is 1. The van der Waals surface area contributed by atoms with Gasteiger partial charge >= 0.3 is 0 Å². The summed E-state index contributed by atoms with van der Waals surface area (Å²) in [5.74, 6) is -0.436. The second kappa shape index (κ2) is 4.20. The Hall–Kier alpha value is -0.720. The van der Waals surface area contributed by atoms with Crippen LogP contribution >= 0.6 is 22.6 Å². The highest BCUT2D eigenvalue weighted by molar-refractivity contribution is 14.1. The number of halogens is 3. The summed E-state index contributed by atoms with van der Waals surface area (Å²) in [5.41, 5.74) is 5.25. The fourth-order valence-corrected chi connectivity index (χ4v) is 1.90. The third kappa shape index (κ3) is 2.20. The molecule has 5 heteroatoms. The molecule has 0 saturated carbocycles. The zero-order valence-electron chi connectivity index (χ0n) is 7.35. The van der Waals surface area contributed by atoms with Gasteiger partial charge in [-0.25, -0.2) is 8.78 Å². The van der Waals surface area contributed by atoms with Crippen LogP contribution in [0.15, 0.2) is 12.1 Å². The third-order valence-corrected chi connectivity index (χ3v) is 2.37. The summed E-state index contributed by atoms with van der Waals surface area (Å²) in [6.07, 6.45) is -2.68. The van der Waals surface area contributed by atoms with Gasteiger partial charge in [-0.2, -0.15) is 0 Å². The number of carbonyl (C=O) groups is 1. The highest BCUT2D eigenvalue weighted by atomic mass is 127. The molecule has 14 heavy (non-hydrogen) atoms. The topological polar surface area (TPSA) is 43.1 Å². The number of alkyl halides is 2. The molecule has 0 aliphatic rings. The Morgan fingerprint density at radius 1 is 1.50 bits per heavy atom. The monoisotopic (exact) mass is 311 g/mol. The Morgan fingerprint density at radius 3 is 2.50 bits per heavy atom. The number of Topliss-reactive ketones (excluding diaryl/α,β-unsaturated/α-hetero) is 1. The lowest BCUT2D eigenvalue weighted by Crippen LogP contribution is -2.06. The molecule has 0 atom stereocenters. The second-order valence-corrected chi connectivity index (χ2v) is 4.06. The quantitative estimate of drug-likeness (QED) is 0.518. The van der Waals surface area contributed by atoms with Crippen molar-refractivity contribution >= 4 is 34.1 Å². The molecule has 0 saturated heterocycles. The molecule has 1 aromatic rings. The van der Waals surface area contributed by atoms with Gasteiger partial charge in [0.25, 0.3) is 6.43 Å². The molecular formula is C9H8F2INO. The number of rotatable bonds is 2. The molecule has 0 fully saturated rings. The van der Waals surface area contributed by atoms with Crippen molar-refractivity contribution in [2.24, 2.45) is 0 Å². The standard InChI is InChI=1S/C9H8F2INO/c1-4(14)8-6(9(10)11)2-5(12)3-7(8)13/h2-3,9H,13H2,1H3. The van der Waals surface area contributed by atoms with Crippen LogP contribution in [0.4, 0.5) is 14.5 Å². The molecule has 0 bridgehead atoms. The zero-order chi connectivity index (χ0) is 10.9. The van der Waals surface area contributed by atoms with Crippen LogP contribution in [0.2, 0.25) is 0 Å². The van der Waals surface area contributed by atoms with Gasteiger partial charge in [0.05, 0.1) is 0 Å². The minimum Gasteiger partial charge on any atom is -0.398 e. The summed E-state index contributed by atoms with van der Waals surface area (Å²) in [5, 5.41) is 0. The molecule has 0 aromatic heterocycles. The molecule has 0 heterocycles. The number of hydrogen-bond donors (Lipinski definition) is 1. The van der Waals surface area contributed by atoms with Crippen molar-refractivity contribution in [1.82, 2.24) is 0 Å². The number of nitrogen functional groups attached to an aromatic ring is 1. The maximum atomic E-state index is 12.5. The lowest BCUT2D eigenvalue weighted by Gasteiger charge is -2.09. The SMILES string of the molecule is CC(=O)c1c(N)cc(I)cc1C(F)F. The van der Waals surface area contributed by atoms with Crippen LogP contribution in [0.3, 0.4) is 0 Å². The Morgan fingerprint density at radius 2 is 2.07 bits per heavy atom. The van der Waals surface area contributed by atoms with Crippen molar-refractivity contribution in [1.29, 1.82) is 0 Å². The number of ketones is 1. The van der Waals surface area contributed by atoms with E-state index in [0.717, 1.165) is 0 Å². The van der Waals surface area contributed by atoms with Crippen molar-refractivity contribution < 1.29 is 13.6 Å². The van der Waals surface area contributed by atoms with E-state index in [1.807, 2.05) is 22.6 Å². The Kier molecular flexibility index (Phi) is 3.41. The molecule has 2 nitrogen and oxygen atoms in total. The molecule has 0 aliphatic heterocycles. The van der Waals surface area contributed by atoms with Crippen LogP contribution in [0.1, 0.15) is 29.3 Å². The second-order valence-electron chi connectivity index (χ2n) is 2.82. The summed E-state index contributed by atoms with van der Waals surface area (Å²) in [7, 11) is 0. The summed E-state index contributed by atoms with van der Waals surface area (Å²) in [6.45, 7) is 1.23. The van der Waals surface area contributed by atoms with Gasteiger partial charge in [-0.1, -0.05) is 0 Å². The van der Waals surface area contributed by atoms with E-state index in [1.54, 1.807) is 0 Å². The first-order valence-corrected chi connectivity index (χ1v) is 4.89. The van der Waals surface area contributed by atoms with Gasteiger partial charge in [-0.05, 0) is 41.6 Å². The predicted octanol–water partition coefficient (Wildman–Crippen LogP) is 3.01. The van der Waals surface area contributed by atoms with E-state index >= 15 is 0 Å². The molecule has 1 aromatic carbocycles. The van der Waals surface area contributed by atoms with Crippen molar-refractivity contribution in [2.45, 2.75) is 13.3 Å². The maximum Gasteiger partial charge on any atom is 0.264 e. The van der Waals surface area contributed by atoms with E-state index in [1.165, 1.54) is 19.1 Å². The van der Waals surface area contributed by atoms with E-state index in [0.29, 0.717) is 3.57 Å². The first-order valence-electron chi connectivity index (χ1n) is 3.81. The van der Waals surface area contributed by atoms with Crippen LogP contribution in [0.25, 0.3) is 0 Å². The van der Waals surface area contributed by atoms with E-state index in [9.17, 15) is 13.6 Å². The van der Waals surface area contributed by atoms with Gasteiger partial charge in [0.2, 0.25) is 0 Å². The van der Waals surface area contributed by atoms with Crippen molar-refractivity contribution in [3.8, 4) is 0 Å². The number of hydrogen-bond acceptors (Lipinski definition) is 2. The molecule has 0 unspecified atom stereocenters. The molecule has 0 aliphatic carbocycles. The number of nitrogens with two attached hydrogens (primary N) is 1. The minimum absolute atomic E-state index is 0.0691. The Balaban J connectivity index is 3.44. The number of benzene rings is 1. The largest absolute Gasteiger partial charge is 0.398 e. The van der Waals surface area contributed by atoms with Crippen LogP contribution in [0.5, 0.6) is 0 Å². The molecule has 2 N–H and O–H groups in total. The summed E-state index contributed by atoms with van der Waals surface area (Å²) in [4.78, 5) is 11.1. The van der Waals surface area contributed by atoms with Crippen molar-refractivity contribution in [3.63, 3.8) is 0 Å². The third-order valence-electron chi connectivity index (χ3n) is 1.75. The van der Waals surface area contributed by atoms with Crippen LogP contribution in [-0.2, 0) is 0 Å². The highest BCUT2D eigenvalue weighted by Crippen LogP contribution is 2.29. The Bertz CT molecular complexity index is 379. The fourth-order valence-electron chi connectivity index (χ4n) is 1.23. The van der Waals surface area contributed by atoms with E-state index in [2.05, 4.69) is 0 Å². The van der Waals surface area contributed by atoms with Gasteiger partial charge in [-0.3, -0.25) is 4.79 Å². The lowest BCUT2D eigenvalue weighted by atomic mass is 10.0. The fraction of sp³-hybridized carbons (Fsp3) is 0.222. The first-order chi connectivity index (χ1) is 6.43.